The summed E-state index contributed by atoms with van der Waals surface area (Å²) in [5.41, 5.74) is 12.3. The lowest BCUT2D eigenvalue weighted by atomic mass is 9.70. The Morgan fingerprint density at radius 1 is 1.06 bits per heavy atom. The van der Waals surface area contributed by atoms with Crippen LogP contribution in [-0.2, 0) is 7.05 Å². The summed E-state index contributed by atoms with van der Waals surface area (Å²) in [6, 6.07) is 10.0. The minimum Gasteiger partial charge on any atom is -0.424 e. The molecule has 0 amide bonds. The molecule has 8 nitrogen and oxygen atoms in total. The van der Waals surface area contributed by atoms with Crippen molar-refractivity contribution >= 4 is 22.4 Å². The van der Waals surface area contributed by atoms with E-state index in [-0.39, 0.29) is 0 Å². The first kappa shape index (κ1) is 19.9. The van der Waals surface area contributed by atoms with Gasteiger partial charge < -0.3 is 20.4 Å². The van der Waals surface area contributed by atoms with E-state index in [1.165, 1.54) is 24.0 Å². The molecule has 8 heteroatoms. The van der Waals surface area contributed by atoms with E-state index in [2.05, 4.69) is 42.9 Å². The summed E-state index contributed by atoms with van der Waals surface area (Å²) >= 11 is 0. The fourth-order valence-electron chi connectivity index (χ4n) is 5.02. The Balaban J connectivity index is 1.44. The van der Waals surface area contributed by atoms with Crippen molar-refractivity contribution in [1.82, 2.24) is 29.8 Å². The summed E-state index contributed by atoms with van der Waals surface area (Å²) in [7, 11) is 2.06. The second-order valence-electron chi connectivity index (χ2n) is 8.93. The third-order valence-corrected chi connectivity index (χ3v) is 6.90. The third-order valence-electron chi connectivity index (χ3n) is 6.90. The first-order valence-corrected chi connectivity index (χ1v) is 11.2. The number of nitrogens with zero attached hydrogens (tertiary/aromatic N) is 5. The van der Waals surface area contributed by atoms with Gasteiger partial charge in [-0.1, -0.05) is 18.2 Å². The van der Waals surface area contributed by atoms with E-state index in [0.29, 0.717) is 23.0 Å². The summed E-state index contributed by atoms with van der Waals surface area (Å²) < 4.78 is 7.94. The van der Waals surface area contributed by atoms with E-state index in [1.807, 2.05) is 24.3 Å². The predicted octanol–water partition coefficient (Wildman–Crippen LogP) is 3.96. The molecule has 1 aliphatic carbocycles. The lowest BCUT2D eigenvalue weighted by molar-refractivity contribution is 0.153. The maximum atomic E-state index is 6.38. The average Bonchev–Trinajstić information content (AvgIpc) is 3.13. The van der Waals surface area contributed by atoms with Gasteiger partial charge in [-0.25, -0.2) is 19.9 Å². The largest absolute Gasteiger partial charge is 0.424 e. The van der Waals surface area contributed by atoms with E-state index in [1.54, 1.807) is 18.5 Å². The standard InChI is InChI=1S/C25H25N7O/c1-32-21(17-7-9-25(10-8-17)13-27-14-25)19(20-22(26)30-15-31-23(20)32)16-3-5-18(6-4-16)33-24-28-11-2-12-29-24/h2-7,11-12,15,27H,8-10,13-14H2,1H3,(H2,26,30,31). The number of aryl methyl sites for hydroxylation is 1. The van der Waals surface area contributed by atoms with Crippen LogP contribution in [0.15, 0.2) is 55.1 Å². The van der Waals surface area contributed by atoms with Crippen LogP contribution in [0.4, 0.5) is 5.82 Å². The number of nitrogens with one attached hydrogen (secondary N) is 1. The van der Waals surface area contributed by atoms with Gasteiger partial charge in [-0.05, 0) is 54.0 Å². The number of ether oxygens (including phenoxy) is 1. The molecular formula is C25H25N7O. The summed E-state index contributed by atoms with van der Waals surface area (Å²) in [5.74, 6) is 1.17. The normalized spacial score (nSPS) is 17.1. The van der Waals surface area contributed by atoms with Crippen LogP contribution in [-0.4, -0.2) is 37.6 Å². The molecule has 0 saturated carbocycles. The van der Waals surface area contributed by atoms with Crippen LogP contribution in [0.3, 0.4) is 0 Å². The molecule has 3 aromatic heterocycles. The van der Waals surface area contributed by atoms with Crippen molar-refractivity contribution in [3.8, 4) is 22.9 Å². The van der Waals surface area contributed by atoms with Gasteiger partial charge in [0.25, 0.3) is 0 Å². The fraction of sp³-hybridized carbons (Fsp3) is 0.280. The second kappa shape index (κ2) is 7.67. The van der Waals surface area contributed by atoms with Gasteiger partial charge in [-0.2, -0.15) is 0 Å². The number of nitrogen functional groups attached to an aromatic ring is 1. The van der Waals surface area contributed by atoms with E-state index >= 15 is 0 Å². The summed E-state index contributed by atoms with van der Waals surface area (Å²) in [6.45, 7) is 2.23. The number of allylic oxidation sites excluding steroid dienone is 2. The number of fused-ring (bicyclic) bond motifs is 1. The van der Waals surface area contributed by atoms with Crippen LogP contribution in [0.1, 0.15) is 25.0 Å². The Kier molecular flexibility index (Phi) is 4.62. The summed E-state index contributed by atoms with van der Waals surface area (Å²) in [6.07, 6.45) is 10.6. The number of hydrogen-bond acceptors (Lipinski definition) is 7. The maximum absolute atomic E-state index is 6.38. The highest BCUT2D eigenvalue weighted by Gasteiger charge is 2.38. The monoisotopic (exact) mass is 439 g/mol. The van der Waals surface area contributed by atoms with Crippen molar-refractivity contribution in [3.05, 3.63) is 60.8 Å². The Morgan fingerprint density at radius 2 is 1.85 bits per heavy atom. The van der Waals surface area contributed by atoms with Crippen LogP contribution in [0.25, 0.3) is 27.7 Å². The highest BCUT2D eigenvalue weighted by Crippen LogP contribution is 2.46. The number of nitrogens with two attached hydrogens (primary N) is 1. The quantitative estimate of drug-likeness (QED) is 0.496. The molecule has 1 aromatic carbocycles. The zero-order chi connectivity index (χ0) is 22.4. The molecule has 33 heavy (non-hydrogen) atoms. The van der Waals surface area contributed by atoms with E-state index < -0.39 is 0 Å². The van der Waals surface area contributed by atoms with Crippen molar-refractivity contribution in [2.45, 2.75) is 19.3 Å². The Bertz CT molecular complexity index is 1360. The maximum Gasteiger partial charge on any atom is 0.321 e. The molecule has 166 valence electrons. The van der Waals surface area contributed by atoms with Crippen LogP contribution >= 0.6 is 0 Å². The lowest BCUT2D eigenvalue weighted by Crippen LogP contribution is -2.53. The average molecular weight is 440 g/mol. The van der Waals surface area contributed by atoms with Gasteiger partial charge in [-0.3, -0.25) is 0 Å². The Morgan fingerprint density at radius 3 is 2.52 bits per heavy atom. The van der Waals surface area contributed by atoms with Crippen molar-refractivity contribution in [2.24, 2.45) is 12.5 Å². The Hall–Kier alpha value is -3.78. The Labute approximate surface area is 191 Å². The smallest absolute Gasteiger partial charge is 0.321 e. The lowest BCUT2D eigenvalue weighted by Gasteiger charge is -2.45. The van der Waals surface area contributed by atoms with Crippen molar-refractivity contribution in [1.29, 1.82) is 0 Å². The molecule has 6 rings (SSSR count). The number of hydrogen-bond donors (Lipinski definition) is 2. The first-order valence-electron chi connectivity index (χ1n) is 11.2. The molecule has 1 spiro atoms. The molecule has 0 bridgehead atoms. The van der Waals surface area contributed by atoms with Crippen molar-refractivity contribution in [2.75, 3.05) is 18.8 Å². The molecule has 4 heterocycles. The highest BCUT2D eigenvalue weighted by molar-refractivity contribution is 6.05. The van der Waals surface area contributed by atoms with Gasteiger partial charge >= 0.3 is 6.01 Å². The highest BCUT2D eigenvalue weighted by atomic mass is 16.5. The van der Waals surface area contributed by atoms with Crippen molar-refractivity contribution < 1.29 is 4.74 Å². The van der Waals surface area contributed by atoms with Crippen LogP contribution in [0.2, 0.25) is 0 Å². The number of rotatable bonds is 4. The summed E-state index contributed by atoms with van der Waals surface area (Å²) in [4.78, 5) is 17.1. The molecule has 1 saturated heterocycles. The molecule has 1 fully saturated rings. The van der Waals surface area contributed by atoms with Gasteiger partial charge in [0.1, 0.15) is 23.5 Å². The second-order valence-corrected chi connectivity index (χ2v) is 8.93. The van der Waals surface area contributed by atoms with E-state index in [0.717, 1.165) is 48.1 Å². The molecule has 2 aliphatic rings. The van der Waals surface area contributed by atoms with Gasteiger partial charge in [-0.15, -0.1) is 0 Å². The molecule has 4 aromatic rings. The molecular weight excluding hydrogens is 414 g/mol. The fourth-order valence-corrected chi connectivity index (χ4v) is 5.02. The summed E-state index contributed by atoms with van der Waals surface area (Å²) in [5, 5.41) is 4.33. The molecule has 0 radical (unpaired) electrons. The van der Waals surface area contributed by atoms with Crippen LogP contribution in [0, 0.1) is 5.41 Å². The first-order chi connectivity index (χ1) is 16.1. The molecule has 0 unspecified atom stereocenters. The minimum absolute atomic E-state index is 0.320. The van der Waals surface area contributed by atoms with Crippen molar-refractivity contribution in [3.63, 3.8) is 0 Å². The van der Waals surface area contributed by atoms with Crippen LogP contribution < -0.4 is 15.8 Å². The van der Waals surface area contributed by atoms with Gasteiger partial charge in [0, 0.05) is 38.1 Å². The predicted molar refractivity (Wildman–Crippen MR) is 128 cm³/mol. The zero-order valence-corrected chi connectivity index (χ0v) is 18.5. The molecule has 3 N–H and O–H groups in total. The van der Waals surface area contributed by atoms with Crippen LogP contribution in [0.5, 0.6) is 11.8 Å². The van der Waals surface area contributed by atoms with Gasteiger partial charge in [0.15, 0.2) is 0 Å². The number of benzene rings is 1. The topological polar surface area (TPSA) is 104 Å². The minimum atomic E-state index is 0.320. The van der Waals surface area contributed by atoms with Gasteiger partial charge in [0.05, 0.1) is 11.1 Å². The number of aromatic nitrogens is 5. The molecule has 0 atom stereocenters. The van der Waals surface area contributed by atoms with Gasteiger partial charge in [0.2, 0.25) is 0 Å². The third kappa shape index (κ3) is 3.34. The number of anilines is 1. The van der Waals surface area contributed by atoms with E-state index in [9.17, 15) is 0 Å². The zero-order valence-electron chi connectivity index (χ0n) is 18.5. The molecule has 1 aliphatic heterocycles. The SMILES string of the molecule is Cn1c(C2=CCC3(CC2)CNC3)c(-c2ccc(Oc3ncccn3)cc2)c2c(N)ncnc21. The van der Waals surface area contributed by atoms with E-state index in [4.69, 9.17) is 10.5 Å².